The van der Waals surface area contributed by atoms with Crippen molar-refractivity contribution < 1.29 is 37.3 Å². The predicted molar refractivity (Wildman–Crippen MR) is 178 cm³/mol. The van der Waals surface area contributed by atoms with E-state index in [4.69, 9.17) is 19.9 Å². The molecule has 0 saturated heterocycles. The van der Waals surface area contributed by atoms with Crippen molar-refractivity contribution in [1.82, 2.24) is 9.62 Å². The highest BCUT2D eigenvalue weighted by Gasteiger charge is 2.30. The molecule has 0 saturated carbocycles. The minimum atomic E-state index is -3.90. The Hall–Kier alpha value is -4.43. The zero-order valence-corrected chi connectivity index (χ0v) is 27.5. The Bertz CT molecular complexity index is 1640. The zero-order chi connectivity index (χ0) is 34.0. The number of aliphatic hydroxyl groups excluding tert-OH is 1. The van der Waals surface area contributed by atoms with Crippen molar-refractivity contribution in [2.45, 2.75) is 38.0 Å². The average Bonchev–Trinajstić information content (AvgIpc) is 3.07. The predicted octanol–water partition coefficient (Wildman–Crippen LogP) is 3.75. The van der Waals surface area contributed by atoms with E-state index in [9.17, 15) is 23.1 Å². The molecule has 0 aromatic heterocycles. The number of benzene rings is 3. The Morgan fingerprint density at radius 1 is 1.02 bits per heavy atom. The third-order valence-electron chi connectivity index (χ3n) is 7.74. The lowest BCUT2D eigenvalue weighted by atomic mass is 9.90. The smallest absolute Gasteiger partial charge is 0.286 e. The molecule has 252 valence electrons. The molecule has 12 nitrogen and oxygen atoms in total. The maximum absolute atomic E-state index is 13.2. The Kier molecular flexibility index (Phi) is 12.4. The number of amides is 2. The first-order valence-corrected chi connectivity index (χ1v) is 16.7. The molecule has 3 aromatic carbocycles. The standard InChI is InChI=1S/C34H42N4O8S/c1-23(2)26-20-31(34(41)36-22-24-8-10-25(11-9-24)33(40)37-30-7-5-4-6-29(30)35)46-32(21-26)45-19-17-38(16-18-39)47(42,43)28-14-12-27(44-3)13-15-28/h4-15,20,23,26,32,39H,16-19,21-22,35H2,1-3H3,(H,36,41)(H,37,40)/t26-,32+/m1/s1. The van der Waals surface area contributed by atoms with Gasteiger partial charge < -0.3 is 35.7 Å². The van der Waals surface area contributed by atoms with Crippen LogP contribution in [0.3, 0.4) is 0 Å². The molecule has 0 fully saturated rings. The average molecular weight is 667 g/mol. The van der Waals surface area contributed by atoms with Gasteiger partial charge in [0.1, 0.15) is 5.75 Å². The third kappa shape index (κ3) is 9.55. The molecule has 0 bridgehead atoms. The summed E-state index contributed by atoms with van der Waals surface area (Å²) in [4.78, 5) is 25.8. The summed E-state index contributed by atoms with van der Waals surface area (Å²) < 4.78 is 44.5. The van der Waals surface area contributed by atoms with E-state index in [1.807, 2.05) is 13.8 Å². The SMILES string of the molecule is COc1ccc(S(=O)(=O)N(CCO)CCO[C@@H]2C[C@H](C(C)C)C=C(C(=O)NCc3ccc(C(=O)Nc4ccccc4N)cc3)O2)cc1. The number of nitrogens with zero attached hydrogens (tertiary/aromatic N) is 1. The lowest BCUT2D eigenvalue weighted by molar-refractivity contribution is -0.150. The summed E-state index contributed by atoms with van der Waals surface area (Å²) in [5.74, 6) is 0.101. The lowest BCUT2D eigenvalue weighted by Gasteiger charge is -2.31. The van der Waals surface area contributed by atoms with Gasteiger partial charge in [-0.3, -0.25) is 9.59 Å². The van der Waals surface area contributed by atoms with E-state index in [2.05, 4.69) is 10.6 Å². The van der Waals surface area contributed by atoms with Gasteiger partial charge in [0.25, 0.3) is 11.8 Å². The zero-order valence-electron chi connectivity index (χ0n) is 26.7. The summed E-state index contributed by atoms with van der Waals surface area (Å²) in [5, 5.41) is 15.2. The van der Waals surface area contributed by atoms with E-state index < -0.39 is 22.2 Å². The van der Waals surface area contributed by atoms with Crippen LogP contribution in [0.15, 0.2) is 89.5 Å². The third-order valence-corrected chi connectivity index (χ3v) is 9.65. The van der Waals surface area contributed by atoms with Crippen LogP contribution in [0, 0.1) is 11.8 Å². The highest BCUT2D eigenvalue weighted by Crippen LogP contribution is 2.29. The Morgan fingerprint density at radius 2 is 1.72 bits per heavy atom. The lowest BCUT2D eigenvalue weighted by Crippen LogP contribution is -2.38. The number of allylic oxidation sites excluding steroid dienone is 1. The highest BCUT2D eigenvalue weighted by molar-refractivity contribution is 7.89. The van der Waals surface area contributed by atoms with Crippen LogP contribution in [0.5, 0.6) is 5.75 Å². The van der Waals surface area contributed by atoms with Crippen LogP contribution in [0.2, 0.25) is 0 Å². The number of carbonyl (C=O) groups excluding carboxylic acids is 2. The van der Waals surface area contributed by atoms with Gasteiger partial charge in [0.05, 0.1) is 36.6 Å². The van der Waals surface area contributed by atoms with Crippen LogP contribution in [-0.2, 0) is 30.8 Å². The van der Waals surface area contributed by atoms with Gasteiger partial charge in [-0.2, -0.15) is 4.31 Å². The van der Waals surface area contributed by atoms with Gasteiger partial charge in [0.2, 0.25) is 16.3 Å². The first kappa shape index (κ1) is 35.4. The van der Waals surface area contributed by atoms with E-state index in [0.717, 1.165) is 9.87 Å². The molecule has 13 heteroatoms. The summed E-state index contributed by atoms with van der Waals surface area (Å²) in [6.45, 7) is 3.75. The number of nitrogens with two attached hydrogens (primary N) is 1. The van der Waals surface area contributed by atoms with Crippen molar-refractivity contribution in [3.8, 4) is 5.75 Å². The second-order valence-corrected chi connectivity index (χ2v) is 13.3. The van der Waals surface area contributed by atoms with Crippen LogP contribution < -0.4 is 21.1 Å². The molecule has 0 spiro atoms. The van der Waals surface area contributed by atoms with Gasteiger partial charge in [-0.05, 0) is 72.0 Å². The Morgan fingerprint density at radius 3 is 2.36 bits per heavy atom. The first-order chi connectivity index (χ1) is 22.5. The van der Waals surface area contributed by atoms with Gasteiger partial charge in [-0.15, -0.1) is 0 Å². The number of sulfonamides is 1. The van der Waals surface area contributed by atoms with Gasteiger partial charge in [-0.1, -0.05) is 38.1 Å². The largest absolute Gasteiger partial charge is 0.497 e. The van der Waals surface area contributed by atoms with E-state index in [1.54, 1.807) is 66.7 Å². The van der Waals surface area contributed by atoms with Crippen molar-refractivity contribution in [2.75, 3.05) is 44.5 Å². The number of anilines is 2. The van der Waals surface area contributed by atoms with Crippen LogP contribution in [0.25, 0.3) is 0 Å². The molecule has 2 amide bonds. The van der Waals surface area contributed by atoms with Gasteiger partial charge in [0, 0.05) is 31.6 Å². The molecule has 0 radical (unpaired) electrons. The molecule has 1 heterocycles. The maximum atomic E-state index is 13.2. The van der Waals surface area contributed by atoms with E-state index in [0.29, 0.717) is 29.1 Å². The van der Waals surface area contributed by atoms with Gasteiger partial charge in [-0.25, -0.2) is 8.42 Å². The highest BCUT2D eigenvalue weighted by atomic mass is 32.2. The Balaban J connectivity index is 1.32. The fourth-order valence-electron chi connectivity index (χ4n) is 4.90. The number of hydrogen-bond donors (Lipinski definition) is 4. The molecule has 3 aromatic rings. The van der Waals surface area contributed by atoms with Crippen molar-refractivity contribution in [3.63, 3.8) is 0 Å². The minimum absolute atomic E-state index is 0.0116. The van der Waals surface area contributed by atoms with Crippen LogP contribution in [0.1, 0.15) is 36.2 Å². The van der Waals surface area contributed by atoms with E-state index in [-0.39, 0.29) is 61.2 Å². The van der Waals surface area contributed by atoms with Crippen LogP contribution >= 0.6 is 0 Å². The topological polar surface area (TPSA) is 170 Å². The number of nitrogens with one attached hydrogen (secondary N) is 2. The summed E-state index contributed by atoms with van der Waals surface area (Å²) in [6, 6.07) is 19.8. The molecule has 1 aliphatic heterocycles. The second kappa shape index (κ2) is 16.4. The molecular weight excluding hydrogens is 624 g/mol. The van der Waals surface area contributed by atoms with Crippen molar-refractivity contribution in [3.05, 3.63) is 95.8 Å². The van der Waals surface area contributed by atoms with Crippen LogP contribution in [0.4, 0.5) is 11.4 Å². The monoisotopic (exact) mass is 666 g/mol. The second-order valence-electron chi connectivity index (χ2n) is 11.3. The van der Waals surface area contributed by atoms with Crippen molar-refractivity contribution in [1.29, 1.82) is 0 Å². The van der Waals surface area contributed by atoms with Gasteiger partial charge >= 0.3 is 0 Å². The van der Waals surface area contributed by atoms with Crippen LogP contribution in [-0.4, -0.2) is 69.3 Å². The molecule has 5 N–H and O–H groups in total. The van der Waals surface area contributed by atoms with Crippen molar-refractivity contribution in [2.24, 2.45) is 11.8 Å². The van der Waals surface area contributed by atoms with E-state index >= 15 is 0 Å². The summed E-state index contributed by atoms with van der Waals surface area (Å²) in [7, 11) is -2.41. The number of aliphatic hydroxyl groups is 1. The molecule has 0 unspecified atom stereocenters. The summed E-state index contributed by atoms with van der Waals surface area (Å²) in [6.07, 6.45) is 1.50. The number of methoxy groups -OCH3 is 1. The molecular formula is C34H42N4O8S. The number of hydrogen-bond acceptors (Lipinski definition) is 9. The first-order valence-electron chi connectivity index (χ1n) is 15.3. The number of para-hydroxylation sites is 2. The van der Waals surface area contributed by atoms with Gasteiger partial charge in [0.15, 0.2) is 5.76 Å². The number of nitrogen functional groups attached to an aromatic ring is 1. The summed E-state index contributed by atoms with van der Waals surface area (Å²) >= 11 is 0. The number of carbonyl (C=O) groups is 2. The van der Waals surface area contributed by atoms with E-state index in [1.165, 1.54) is 19.2 Å². The fourth-order valence-corrected chi connectivity index (χ4v) is 6.32. The molecule has 0 aliphatic carbocycles. The van der Waals surface area contributed by atoms with Crippen molar-refractivity contribution >= 4 is 33.2 Å². The summed E-state index contributed by atoms with van der Waals surface area (Å²) in [5.41, 5.74) is 8.12. The molecule has 47 heavy (non-hydrogen) atoms. The minimum Gasteiger partial charge on any atom is -0.497 e. The normalized spacial score (nSPS) is 16.3. The fraction of sp³-hybridized carbons (Fsp3) is 0.353. The molecule has 2 atom stereocenters. The maximum Gasteiger partial charge on any atom is 0.286 e. The Labute approximate surface area is 275 Å². The molecule has 1 aliphatic rings. The quantitative estimate of drug-likeness (QED) is 0.177. The number of rotatable bonds is 15. The number of ether oxygens (including phenoxy) is 3. The molecule has 4 rings (SSSR count).